The molecule has 1 aromatic heterocycles. The molecule has 188 valence electrons. The first kappa shape index (κ1) is 25.5. The number of carbonyl (C=O) groups excluding carboxylic acids is 2. The lowest BCUT2D eigenvalue weighted by atomic mass is 9.84. The number of aryl methyl sites for hydroxylation is 1. The Morgan fingerprint density at radius 1 is 1.27 bits per heavy atom. The second-order valence-electron chi connectivity index (χ2n) is 7.87. The second-order valence-corrected chi connectivity index (χ2v) is 8.30. The molecule has 0 saturated heterocycles. The van der Waals surface area contributed by atoms with E-state index in [2.05, 4.69) is 16.2 Å². The third-order valence-electron chi connectivity index (χ3n) is 5.54. The Labute approximate surface area is 217 Å². The summed E-state index contributed by atoms with van der Waals surface area (Å²) in [6, 6.07) is 15.5. The van der Waals surface area contributed by atoms with Crippen molar-refractivity contribution < 1.29 is 23.8 Å². The van der Waals surface area contributed by atoms with Crippen molar-refractivity contribution in [2.24, 2.45) is 10.7 Å². The van der Waals surface area contributed by atoms with E-state index in [9.17, 15) is 14.9 Å². The number of aliphatic imine (C=N–C) groups is 1. The van der Waals surface area contributed by atoms with Gasteiger partial charge in [0.15, 0.2) is 13.0 Å². The van der Waals surface area contributed by atoms with E-state index in [1.165, 1.54) is 18.5 Å². The van der Waals surface area contributed by atoms with Gasteiger partial charge in [0, 0.05) is 5.02 Å². The van der Waals surface area contributed by atoms with E-state index in [4.69, 9.17) is 31.5 Å². The van der Waals surface area contributed by atoms with Gasteiger partial charge in [-0.15, -0.1) is 0 Å². The molecule has 2 aromatic carbocycles. The van der Waals surface area contributed by atoms with Crippen LogP contribution in [0.3, 0.4) is 0 Å². The number of carbonyl (C=O) groups is 2. The number of hydrogen-bond acceptors (Lipinski definition) is 8. The van der Waals surface area contributed by atoms with Gasteiger partial charge >= 0.3 is 0 Å². The van der Waals surface area contributed by atoms with Crippen LogP contribution in [-0.4, -0.2) is 41.2 Å². The van der Waals surface area contributed by atoms with Crippen molar-refractivity contribution >= 4 is 29.8 Å². The van der Waals surface area contributed by atoms with Crippen molar-refractivity contribution in [1.82, 2.24) is 9.78 Å². The average molecular weight is 520 g/mol. The molecule has 1 amide bonds. The smallest absolute Gasteiger partial charge is 0.287 e. The van der Waals surface area contributed by atoms with Gasteiger partial charge in [0.05, 0.1) is 29.3 Å². The molecule has 10 nitrogen and oxygen atoms in total. The number of amides is 1. The molecule has 1 aliphatic rings. The molecule has 1 aliphatic heterocycles. The molecule has 1 atom stereocenters. The highest BCUT2D eigenvalue weighted by atomic mass is 35.5. The normalized spacial score (nSPS) is 14.6. The number of nitrogens with two attached hydrogens (primary N) is 1. The maximum absolute atomic E-state index is 13.2. The Morgan fingerprint density at radius 2 is 2.00 bits per heavy atom. The molecule has 0 radical (unpaired) electrons. The molecule has 0 aliphatic carbocycles. The summed E-state index contributed by atoms with van der Waals surface area (Å²) in [6.07, 6.45) is 1.18. The van der Waals surface area contributed by atoms with E-state index in [1.807, 2.05) is 0 Å². The fraction of sp³-hybridized carbons (Fsp3) is 0.192. The van der Waals surface area contributed by atoms with Crippen LogP contribution in [0, 0.1) is 18.3 Å². The summed E-state index contributed by atoms with van der Waals surface area (Å²) < 4.78 is 17.8. The Morgan fingerprint density at radius 3 is 2.68 bits per heavy atom. The van der Waals surface area contributed by atoms with Gasteiger partial charge in [-0.1, -0.05) is 35.9 Å². The number of primary amides is 1. The van der Waals surface area contributed by atoms with Gasteiger partial charge in [-0.25, -0.2) is 0 Å². The number of hydrogen-bond donors (Lipinski definition) is 1. The van der Waals surface area contributed by atoms with Crippen LogP contribution in [0.1, 0.15) is 44.8 Å². The molecule has 3 aromatic rings. The summed E-state index contributed by atoms with van der Waals surface area (Å²) in [5.74, 6) is -1.66. The van der Waals surface area contributed by atoms with Crippen LogP contribution in [-0.2, 0) is 4.74 Å². The zero-order chi connectivity index (χ0) is 26.5. The molecule has 4 rings (SSSR count). The molecule has 11 heteroatoms. The molecular weight excluding hydrogens is 498 g/mol. The van der Waals surface area contributed by atoms with Crippen molar-refractivity contribution in [1.29, 1.82) is 5.26 Å². The Bertz CT molecular complexity index is 1450. The highest BCUT2D eigenvalue weighted by molar-refractivity contribution is 6.30. The molecule has 1 unspecified atom stereocenters. The third kappa shape index (κ3) is 5.17. The minimum atomic E-state index is -0.685. The largest absolute Gasteiger partial charge is 0.483 e. The zero-order valence-electron chi connectivity index (χ0n) is 20.0. The molecular formula is C26H22ClN5O5. The number of nitrogens with zero attached hydrogens (tertiary/aromatic N) is 4. The van der Waals surface area contributed by atoms with E-state index >= 15 is 0 Å². The quantitative estimate of drug-likeness (QED) is 0.350. The predicted octanol–water partition coefficient (Wildman–Crippen LogP) is 3.99. The number of nitriles is 1. The van der Waals surface area contributed by atoms with Gasteiger partial charge in [-0.3, -0.25) is 9.59 Å². The summed E-state index contributed by atoms with van der Waals surface area (Å²) in [7, 11) is 0. The lowest BCUT2D eigenvalue weighted by Crippen LogP contribution is -2.24. The summed E-state index contributed by atoms with van der Waals surface area (Å²) in [5.41, 5.74) is 7.48. The number of fused-ring (bicyclic) bond motifs is 1. The van der Waals surface area contributed by atoms with E-state index in [1.54, 1.807) is 50.2 Å². The molecule has 0 bridgehead atoms. The first-order chi connectivity index (χ1) is 17.8. The maximum Gasteiger partial charge on any atom is 0.287 e. The van der Waals surface area contributed by atoms with Crippen LogP contribution in [0.2, 0.25) is 5.02 Å². The van der Waals surface area contributed by atoms with Crippen molar-refractivity contribution in [3.8, 4) is 17.7 Å². The molecule has 0 spiro atoms. The van der Waals surface area contributed by atoms with Crippen LogP contribution in [0.15, 0.2) is 65.0 Å². The highest BCUT2D eigenvalue weighted by Crippen LogP contribution is 2.45. The van der Waals surface area contributed by atoms with E-state index in [0.717, 1.165) is 10.2 Å². The summed E-state index contributed by atoms with van der Waals surface area (Å²) >= 11 is 6.08. The van der Waals surface area contributed by atoms with Gasteiger partial charge in [-0.05, 0) is 43.7 Å². The van der Waals surface area contributed by atoms with E-state index in [0.29, 0.717) is 22.9 Å². The predicted molar refractivity (Wildman–Crippen MR) is 135 cm³/mol. The lowest BCUT2D eigenvalue weighted by Gasteiger charge is -2.24. The monoisotopic (exact) mass is 519 g/mol. The van der Waals surface area contributed by atoms with Gasteiger partial charge in [0.25, 0.3) is 11.8 Å². The van der Waals surface area contributed by atoms with Crippen LogP contribution >= 0.6 is 11.6 Å². The van der Waals surface area contributed by atoms with E-state index < -0.39 is 24.3 Å². The second kappa shape index (κ2) is 11.0. The first-order valence-corrected chi connectivity index (χ1v) is 11.6. The SMILES string of the molecule is CCO/C=N/C1=C(C#N)C(c2ccc(Cl)cc2)c2c(C)nn(C(=O)COc3ccccc3C(N)=O)c2O1. The molecule has 37 heavy (non-hydrogen) atoms. The number of halogens is 1. The Hall–Kier alpha value is -4.62. The summed E-state index contributed by atoms with van der Waals surface area (Å²) in [4.78, 5) is 29.1. The fourth-order valence-corrected chi connectivity index (χ4v) is 4.01. The van der Waals surface area contributed by atoms with Crippen LogP contribution < -0.4 is 15.2 Å². The van der Waals surface area contributed by atoms with Crippen LogP contribution in [0.25, 0.3) is 0 Å². The van der Waals surface area contributed by atoms with Gasteiger partial charge in [0.2, 0.25) is 11.8 Å². The summed E-state index contributed by atoms with van der Waals surface area (Å²) in [5, 5.41) is 14.9. The minimum absolute atomic E-state index is 0.0302. The fourth-order valence-electron chi connectivity index (χ4n) is 3.89. The molecule has 0 fully saturated rings. The maximum atomic E-state index is 13.2. The van der Waals surface area contributed by atoms with Crippen molar-refractivity contribution in [3.05, 3.63) is 87.4 Å². The molecule has 2 heterocycles. The number of para-hydroxylation sites is 1. The van der Waals surface area contributed by atoms with Gasteiger partial charge in [-0.2, -0.15) is 20.0 Å². The van der Waals surface area contributed by atoms with Crippen LogP contribution in [0.5, 0.6) is 11.6 Å². The van der Waals surface area contributed by atoms with Crippen molar-refractivity contribution in [2.45, 2.75) is 19.8 Å². The zero-order valence-corrected chi connectivity index (χ0v) is 20.7. The highest BCUT2D eigenvalue weighted by Gasteiger charge is 2.38. The number of aromatic nitrogens is 2. The van der Waals surface area contributed by atoms with Crippen LogP contribution in [0.4, 0.5) is 0 Å². The van der Waals surface area contributed by atoms with E-state index in [-0.39, 0.29) is 28.6 Å². The third-order valence-corrected chi connectivity index (χ3v) is 5.79. The Kier molecular flexibility index (Phi) is 7.55. The van der Waals surface area contributed by atoms with Gasteiger partial charge in [0.1, 0.15) is 17.4 Å². The van der Waals surface area contributed by atoms with Gasteiger partial charge < -0.3 is 19.9 Å². The lowest BCUT2D eigenvalue weighted by molar-refractivity contribution is 0.0804. The van der Waals surface area contributed by atoms with Crippen molar-refractivity contribution in [2.75, 3.05) is 13.2 Å². The number of ether oxygens (including phenoxy) is 3. The first-order valence-electron chi connectivity index (χ1n) is 11.2. The minimum Gasteiger partial charge on any atom is -0.483 e. The van der Waals surface area contributed by atoms with Crippen molar-refractivity contribution in [3.63, 3.8) is 0 Å². The number of allylic oxidation sites excluding steroid dienone is 1. The molecule has 0 saturated carbocycles. The molecule has 2 N–H and O–H groups in total. The average Bonchev–Trinajstić information content (AvgIpc) is 3.23. The summed E-state index contributed by atoms with van der Waals surface area (Å²) in [6.45, 7) is 3.40. The standard InChI is InChI=1S/C26H22ClN5O5/c1-3-35-14-30-25-19(12-28)23(16-8-10-17(27)11-9-16)22-15(2)31-32(26(22)37-25)21(33)13-36-20-7-5-4-6-18(20)24(29)34/h4-11,14,23H,3,13H2,1-2H3,(H2,29,34)/b30-14+. The topological polar surface area (TPSA) is 142 Å². The number of benzene rings is 2. The number of rotatable bonds is 8. The Balaban J connectivity index is 1.75.